The molecule has 0 aliphatic carbocycles. The summed E-state index contributed by atoms with van der Waals surface area (Å²) in [6.07, 6.45) is -2.81. The fourth-order valence-corrected chi connectivity index (χ4v) is 5.14. The van der Waals surface area contributed by atoms with Crippen molar-refractivity contribution < 1.29 is 32.1 Å². The molecule has 13 heteroatoms. The molecule has 1 aromatic heterocycles. The Kier molecular flexibility index (Phi) is 8.88. The van der Waals surface area contributed by atoms with Crippen LogP contribution in [0.4, 0.5) is 14.6 Å². The third kappa shape index (κ3) is 6.63. The molecule has 1 aliphatic rings. The quantitative estimate of drug-likeness (QED) is 0.267. The highest BCUT2D eigenvalue weighted by Gasteiger charge is 2.49. The number of fused-ring (bicyclic) bond motifs is 1. The highest BCUT2D eigenvalue weighted by molar-refractivity contribution is 7.45. The summed E-state index contributed by atoms with van der Waals surface area (Å²) >= 11 is 0. The number of alkyl halides is 2. The molecule has 3 atom stereocenters. The Hall–Kier alpha value is -3.18. The fraction of sp³-hybridized carbons (Fsp3) is 0.400. The number of halogens is 2. The predicted octanol–water partition coefficient (Wildman–Crippen LogP) is 4.16. The number of esters is 1. The van der Waals surface area contributed by atoms with Crippen molar-refractivity contribution in [2.75, 3.05) is 18.9 Å². The summed E-state index contributed by atoms with van der Waals surface area (Å²) in [6, 6.07) is 14.3. The first-order chi connectivity index (χ1) is 18.2. The molecule has 38 heavy (non-hydrogen) atoms. The van der Waals surface area contributed by atoms with Gasteiger partial charge in [-0.2, -0.15) is 4.98 Å². The number of nitrogen functional groups attached to an aromatic ring is 1. The lowest BCUT2D eigenvalue weighted by Gasteiger charge is -2.30. The second-order valence-electron chi connectivity index (χ2n) is 8.99. The highest BCUT2D eigenvalue weighted by Crippen LogP contribution is 2.45. The maximum Gasteiger partial charge on any atom is 0.351 e. The van der Waals surface area contributed by atoms with Gasteiger partial charge in [0.05, 0.1) is 12.7 Å². The number of rotatable bonds is 11. The van der Waals surface area contributed by atoms with Gasteiger partial charge < -0.3 is 24.3 Å². The van der Waals surface area contributed by atoms with Crippen LogP contribution >= 0.6 is 8.53 Å². The van der Waals surface area contributed by atoms with Crippen molar-refractivity contribution in [2.24, 2.45) is 0 Å². The monoisotopic (exact) mass is 550 g/mol. The molecule has 1 aliphatic heterocycles. The van der Waals surface area contributed by atoms with Gasteiger partial charge in [-0.05, 0) is 44.2 Å². The van der Waals surface area contributed by atoms with E-state index in [2.05, 4.69) is 10.1 Å². The topological polar surface area (TPSA) is 127 Å². The van der Waals surface area contributed by atoms with Crippen LogP contribution in [0, 0.1) is 0 Å². The lowest BCUT2D eigenvalue weighted by Crippen LogP contribution is -2.43. The molecule has 0 radical (unpaired) electrons. The van der Waals surface area contributed by atoms with Crippen molar-refractivity contribution in [1.82, 2.24) is 14.6 Å². The Labute approximate surface area is 219 Å². The third-order valence-electron chi connectivity index (χ3n) is 5.82. The van der Waals surface area contributed by atoms with Gasteiger partial charge in [0.15, 0.2) is 5.60 Å². The van der Waals surface area contributed by atoms with E-state index in [1.165, 1.54) is 12.3 Å². The van der Waals surface area contributed by atoms with Gasteiger partial charge >= 0.3 is 20.2 Å². The number of nitrogens with zero attached hydrogens (tertiary/aromatic N) is 2. The van der Waals surface area contributed by atoms with E-state index in [0.717, 1.165) is 15.3 Å². The van der Waals surface area contributed by atoms with E-state index in [4.69, 9.17) is 24.3 Å². The van der Waals surface area contributed by atoms with E-state index in [0.29, 0.717) is 5.75 Å². The summed E-state index contributed by atoms with van der Waals surface area (Å²) in [7, 11) is -2.08. The Balaban J connectivity index is 1.52. The third-order valence-corrected chi connectivity index (χ3v) is 6.96. The number of hydrogen-bond donors (Lipinski definition) is 2. The zero-order valence-corrected chi connectivity index (χ0v) is 21.8. The van der Waals surface area contributed by atoms with Crippen molar-refractivity contribution in [1.29, 1.82) is 0 Å². The first kappa shape index (κ1) is 27.8. The molecular formula is C25H29F2N4O6P. The SMILES string of the molecule is CC(C)OC(=O)CNP(OCC1(C(F)F)CCC(n2ccc(N)nc2=O)O1)Oc1cccc2ccccc12. The number of ether oxygens (including phenoxy) is 2. The second-order valence-corrected chi connectivity index (χ2v) is 10.3. The average molecular weight is 550 g/mol. The maximum atomic E-state index is 14.3. The number of aromatic nitrogens is 2. The number of anilines is 1. The number of carbonyl (C=O) groups excluding carboxylic acids is 1. The van der Waals surface area contributed by atoms with Crippen molar-refractivity contribution in [2.45, 2.75) is 51.0 Å². The molecule has 0 amide bonds. The van der Waals surface area contributed by atoms with E-state index in [1.54, 1.807) is 26.0 Å². The van der Waals surface area contributed by atoms with E-state index < -0.39 is 45.0 Å². The first-order valence-electron chi connectivity index (χ1n) is 12.0. The van der Waals surface area contributed by atoms with Crippen LogP contribution in [0.3, 0.4) is 0 Å². The van der Waals surface area contributed by atoms with Gasteiger partial charge in [-0.15, -0.1) is 0 Å². The number of benzene rings is 2. The fourth-order valence-electron chi connectivity index (χ4n) is 4.00. The van der Waals surface area contributed by atoms with Gasteiger partial charge in [0.2, 0.25) is 0 Å². The van der Waals surface area contributed by atoms with Crippen LogP contribution < -0.4 is 21.0 Å². The Morgan fingerprint density at radius 1 is 1.26 bits per heavy atom. The normalized spacial score (nSPS) is 20.2. The first-order valence-corrected chi connectivity index (χ1v) is 13.2. The minimum Gasteiger partial charge on any atom is -0.462 e. The smallest absolute Gasteiger partial charge is 0.351 e. The average Bonchev–Trinajstić information content (AvgIpc) is 3.31. The zero-order chi connectivity index (χ0) is 27.3. The van der Waals surface area contributed by atoms with E-state index in [9.17, 15) is 18.4 Å². The molecule has 3 aromatic rings. The summed E-state index contributed by atoms with van der Waals surface area (Å²) in [6.45, 7) is 2.62. The van der Waals surface area contributed by atoms with Crippen molar-refractivity contribution in [3.63, 3.8) is 0 Å². The molecule has 2 heterocycles. The van der Waals surface area contributed by atoms with Crippen molar-refractivity contribution in [3.8, 4) is 5.75 Å². The van der Waals surface area contributed by atoms with Gasteiger partial charge in [-0.1, -0.05) is 36.4 Å². The Morgan fingerprint density at radius 3 is 2.76 bits per heavy atom. The van der Waals surface area contributed by atoms with Crippen LogP contribution in [0.1, 0.15) is 32.9 Å². The highest BCUT2D eigenvalue weighted by atomic mass is 31.2. The lowest BCUT2D eigenvalue weighted by molar-refractivity contribution is -0.165. The Bertz CT molecular complexity index is 1320. The summed E-state index contributed by atoms with van der Waals surface area (Å²) in [5.41, 5.74) is 2.82. The molecule has 0 bridgehead atoms. The van der Waals surface area contributed by atoms with Crippen LogP contribution in [0.2, 0.25) is 0 Å². The molecule has 1 saturated heterocycles. The summed E-state index contributed by atoms with van der Waals surface area (Å²) in [5.74, 6) is -0.0747. The van der Waals surface area contributed by atoms with Crippen molar-refractivity contribution >= 4 is 31.1 Å². The second kappa shape index (κ2) is 12.1. The number of nitrogens with two attached hydrogens (primary N) is 1. The molecule has 2 aromatic carbocycles. The summed E-state index contributed by atoms with van der Waals surface area (Å²) in [5, 5.41) is 4.54. The van der Waals surface area contributed by atoms with Crippen LogP contribution in [0.25, 0.3) is 10.8 Å². The molecule has 204 valence electrons. The molecule has 3 unspecified atom stereocenters. The van der Waals surface area contributed by atoms with Crippen LogP contribution in [-0.4, -0.2) is 46.8 Å². The molecule has 1 fully saturated rings. The van der Waals surface area contributed by atoms with E-state index >= 15 is 0 Å². The molecule has 0 saturated carbocycles. The maximum absolute atomic E-state index is 14.3. The molecular weight excluding hydrogens is 521 g/mol. The number of hydrogen-bond acceptors (Lipinski definition) is 9. The van der Waals surface area contributed by atoms with Gasteiger partial charge in [0.25, 0.3) is 6.43 Å². The lowest BCUT2D eigenvalue weighted by atomic mass is 10.0. The molecule has 3 N–H and O–H groups in total. The summed E-state index contributed by atoms with van der Waals surface area (Å²) in [4.78, 5) is 28.0. The van der Waals surface area contributed by atoms with Crippen molar-refractivity contribution in [3.05, 3.63) is 65.2 Å². The predicted molar refractivity (Wildman–Crippen MR) is 138 cm³/mol. The van der Waals surface area contributed by atoms with Gasteiger partial charge in [0, 0.05) is 11.6 Å². The number of carbonyl (C=O) groups is 1. The standard InChI is InChI=1S/C25H29F2N4O6P/c1-16(2)35-22(32)14-29-38(37-19-9-5-7-17-6-3-4-8-18(17)19)34-15-25(23(26)27)12-10-21(36-25)31-13-11-20(28)30-24(31)33/h3-9,11,13,16,21,23,29H,10,12,14-15H2,1-2H3,(H2,28,30,33). The zero-order valence-electron chi connectivity index (χ0n) is 20.9. The molecule has 4 rings (SSSR count). The number of nitrogens with one attached hydrogen (secondary N) is 1. The van der Waals surface area contributed by atoms with Gasteiger partial charge in [0.1, 0.15) is 24.3 Å². The molecule has 10 nitrogen and oxygen atoms in total. The minimum atomic E-state index is -2.93. The van der Waals surface area contributed by atoms with Gasteiger partial charge in [-0.3, -0.25) is 9.36 Å². The largest absolute Gasteiger partial charge is 0.462 e. The summed E-state index contributed by atoms with van der Waals surface area (Å²) < 4.78 is 52.5. The van der Waals surface area contributed by atoms with Gasteiger partial charge in [-0.25, -0.2) is 18.7 Å². The van der Waals surface area contributed by atoms with Crippen LogP contribution in [0.5, 0.6) is 5.75 Å². The van der Waals surface area contributed by atoms with Crippen LogP contribution in [-0.2, 0) is 18.8 Å². The van der Waals surface area contributed by atoms with E-state index in [-0.39, 0.29) is 31.3 Å². The Morgan fingerprint density at radius 2 is 2.03 bits per heavy atom. The molecule has 0 spiro atoms. The van der Waals surface area contributed by atoms with Crippen LogP contribution in [0.15, 0.2) is 59.5 Å². The minimum absolute atomic E-state index is 0.0194. The van der Waals surface area contributed by atoms with E-state index in [1.807, 2.05) is 30.3 Å².